The molecule has 0 fully saturated rings. The van der Waals surface area contributed by atoms with E-state index in [0.29, 0.717) is 10.6 Å². The molecule has 6 nitrogen and oxygen atoms in total. The summed E-state index contributed by atoms with van der Waals surface area (Å²) in [6, 6.07) is 17.8. The van der Waals surface area contributed by atoms with Crippen molar-refractivity contribution in [2.45, 2.75) is 4.90 Å². The molecule has 0 saturated heterocycles. The fourth-order valence-corrected chi connectivity index (χ4v) is 3.41. The van der Waals surface area contributed by atoms with E-state index in [9.17, 15) is 18.5 Å². The maximum absolute atomic E-state index is 12.5. The van der Waals surface area contributed by atoms with Crippen LogP contribution >= 0.6 is 11.6 Å². The highest BCUT2D eigenvalue weighted by atomic mass is 35.5. The maximum Gasteiger partial charge on any atom is 0.339 e. The van der Waals surface area contributed by atoms with Crippen LogP contribution in [-0.2, 0) is 10.1 Å². The summed E-state index contributed by atoms with van der Waals surface area (Å²) in [5.41, 5.74) is 0.631. The summed E-state index contributed by atoms with van der Waals surface area (Å²) in [5, 5.41) is 11.6. The Balaban J connectivity index is 2.09. The second-order valence-corrected chi connectivity index (χ2v) is 7.28. The van der Waals surface area contributed by atoms with E-state index in [4.69, 9.17) is 15.8 Å². The molecular formula is C18H12ClNO5S. The van der Waals surface area contributed by atoms with Crippen LogP contribution in [0.25, 0.3) is 11.1 Å². The van der Waals surface area contributed by atoms with Gasteiger partial charge in [0.05, 0.1) is 4.92 Å². The minimum atomic E-state index is -4.08. The van der Waals surface area contributed by atoms with Crippen molar-refractivity contribution in [3.63, 3.8) is 0 Å². The molecule has 0 heterocycles. The summed E-state index contributed by atoms with van der Waals surface area (Å²) in [5.74, 6) is -0.0122. The molecule has 0 aliphatic heterocycles. The normalized spacial score (nSPS) is 11.1. The van der Waals surface area contributed by atoms with E-state index in [1.165, 1.54) is 30.3 Å². The molecule has 0 unspecified atom stereocenters. The first kappa shape index (κ1) is 17.9. The smallest absolute Gasteiger partial charge is 0.339 e. The molecule has 0 saturated carbocycles. The summed E-state index contributed by atoms with van der Waals surface area (Å²) >= 11 is 5.87. The summed E-state index contributed by atoms with van der Waals surface area (Å²) < 4.78 is 30.2. The molecule has 0 aliphatic rings. The summed E-state index contributed by atoms with van der Waals surface area (Å²) in [6.07, 6.45) is 0. The predicted octanol–water partition coefficient (Wildman–Crippen LogP) is 4.68. The Labute approximate surface area is 154 Å². The van der Waals surface area contributed by atoms with Gasteiger partial charge in [0.2, 0.25) is 0 Å². The predicted molar refractivity (Wildman–Crippen MR) is 97.8 cm³/mol. The molecule has 0 atom stereocenters. The number of nitro benzene ring substituents is 1. The molecule has 132 valence electrons. The van der Waals surface area contributed by atoms with E-state index >= 15 is 0 Å². The second kappa shape index (κ2) is 7.15. The Morgan fingerprint density at radius 1 is 0.923 bits per heavy atom. The molecule has 3 rings (SSSR count). The first-order valence-corrected chi connectivity index (χ1v) is 9.19. The number of hydrogen-bond donors (Lipinski definition) is 0. The van der Waals surface area contributed by atoms with Gasteiger partial charge in [0.25, 0.3) is 5.69 Å². The summed E-state index contributed by atoms with van der Waals surface area (Å²) in [6.45, 7) is 0. The van der Waals surface area contributed by atoms with Crippen molar-refractivity contribution in [1.29, 1.82) is 0 Å². The van der Waals surface area contributed by atoms with Crippen LogP contribution in [0.4, 0.5) is 5.69 Å². The van der Waals surface area contributed by atoms with Crippen LogP contribution in [0.1, 0.15) is 0 Å². The van der Waals surface area contributed by atoms with E-state index in [1.807, 2.05) is 0 Å². The van der Waals surface area contributed by atoms with Crippen molar-refractivity contribution in [2.75, 3.05) is 0 Å². The Morgan fingerprint density at radius 2 is 1.58 bits per heavy atom. The first-order chi connectivity index (χ1) is 12.4. The monoisotopic (exact) mass is 389 g/mol. The highest BCUT2D eigenvalue weighted by Gasteiger charge is 2.21. The van der Waals surface area contributed by atoms with Gasteiger partial charge in [-0.05, 0) is 35.9 Å². The molecule has 0 bridgehead atoms. The topological polar surface area (TPSA) is 86.5 Å². The Morgan fingerprint density at radius 3 is 2.19 bits per heavy atom. The van der Waals surface area contributed by atoms with E-state index in [2.05, 4.69) is 0 Å². The third kappa shape index (κ3) is 3.84. The molecule has 0 aromatic heterocycles. The van der Waals surface area contributed by atoms with Crippen LogP contribution in [0.2, 0.25) is 5.02 Å². The van der Waals surface area contributed by atoms with Gasteiger partial charge in [-0.1, -0.05) is 41.9 Å². The van der Waals surface area contributed by atoms with Gasteiger partial charge in [0.15, 0.2) is 5.75 Å². The van der Waals surface area contributed by atoms with Gasteiger partial charge in [-0.15, -0.1) is 0 Å². The van der Waals surface area contributed by atoms with E-state index in [1.54, 1.807) is 42.5 Å². The van der Waals surface area contributed by atoms with Crippen LogP contribution in [0, 0.1) is 10.1 Å². The van der Waals surface area contributed by atoms with E-state index in [-0.39, 0.29) is 21.9 Å². The van der Waals surface area contributed by atoms with Gasteiger partial charge < -0.3 is 4.18 Å². The molecule has 8 heteroatoms. The average Bonchev–Trinajstić information content (AvgIpc) is 2.63. The van der Waals surface area contributed by atoms with Crippen molar-refractivity contribution < 1.29 is 17.5 Å². The number of benzene rings is 3. The highest BCUT2D eigenvalue weighted by molar-refractivity contribution is 7.87. The highest BCUT2D eigenvalue weighted by Crippen LogP contribution is 2.35. The third-order valence-corrected chi connectivity index (χ3v) is 5.06. The second-order valence-electron chi connectivity index (χ2n) is 5.29. The zero-order valence-electron chi connectivity index (χ0n) is 13.2. The molecule has 26 heavy (non-hydrogen) atoms. The van der Waals surface area contributed by atoms with Crippen molar-refractivity contribution in [1.82, 2.24) is 0 Å². The molecule has 3 aromatic carbocycles. The largest absolute Gasteiger partial charge is 0.378 e. The SMILES string of the molecule is O=[N+]([O-])c1ccc(OS(=O)(=O)c2ccccc2)c(-c2ccc(Cl)cc2)c1. The fraction of sp³-hybridized carbons (Fsp3) is 0. The number of rotatable bonds is 5. The van der Waals surface area contributed by atoms with Gasteiger partial charge in [0, 0.05) is 22.7 Å². The van der Waals surface area contributed by atoms with Crippen LogP contribution in [0.5, 0.6) is 5.75 Å². The Kier molecular flexibility index (Phi) is 4.92. The van der Waals surface area contributed by atoms with Crippen LogP contribution in [0.3, 0.4) is 0 Å². The molecule has 0 N–H and O–H groups in total. The standard InChI is InChI=1S/C18H12ClNO5S/c19-14-8-6-13(7-9-14)17-12-15(20(21)22)10-11-18(17)25-26(23,24)16-4-2-1-3-5-16/h1-12H. The fourth-order valence-electron chi connectivity index (χ4n) is 2.31. The number of halogens is 1. The minimum absolute atomic E-state index is 0.0122. The average molecular weight is 390 g/mol. The van der Waals surface area contributed by atoms with Crippen LogP contribution < -0.4 is 4.18 Å². The number of nitrogens with zero attached hydrogens (tertiary/aromatic N) is 1. The lowest BCUT2D eigenvalue weighted by molar-refractivity contribution is -0.384. The van der Waals surface area contributed by atoms with E-state index in [0.717, 1.165) is 0 Å². The van der Waals surface area contributed by atoms with Gasteiger partial charge in [-0.3, -0.25) is 10.1 Å². The Bertz CT molecular complexity index is 1050. The first-order valence-electron chi connectivity index (χ1n) is 7.41. The van der Waals surface area contributed by atoms with Crippen molar-refractivity contribution in [3.8, 4) is 16.9 Å². The zero-order valence-corrected chi connectivity index (χ0v) is 14.8. The van der Waals surface area contributed by atoms with Crippen LogP contribution in [0.15, 0.2) is 77.7 Å². The van der Waals surface area contributed by atoms with E-state index < -0.39 is 15.0 Å². The molecule has 0 amide bonds. The van der Waals surface area contributed by atoms with Crippen molar-refractivity contribution in [3.05, 3.63) is 87.9 Å². The third-order valence-electron chi connectivity index (χ3n) is 3.56. The molecule has 0 aliphatic carbocycles. The lowest BCUT2D eigenvalue weighted by Gasteiger charge is -2.12. The lowest BCUT2D eigenvalue weighted by atomic mass is 10.0. The van der Waals surface area contributed by atoms with Crippen molar-refractivity contribution in [2.24, 2.45) is 0 Å². The number of nitro groups is 1. The minimum Gasteiger partial charge on any atom is -0.378 e. The zero-order chi connectivity index (χ0) is 18.7. The van der Waals surface area contributed by atoms with Gasteiger partial charge in [0.1, 0.15) is 4.90 Å². The van der Waals surface area contributed by atoms with Crippen molar-refractivity contribution >= 4 is 27.4 Å². The van der Waals surface area contributed by atoms with Crippen LogP contribution in [-0.4, -0.2) is 13.3 Å². The molecule has 3 aromatic rings. The number of non-ortho nitro benzene ring substituents is 1. The summed E-state index contributed by atoms with van der Waals surface area (Å²) in [7, 11) is -4.08. The lowest BCUT2D eigenvalue weighted by Crippen LogP contribution is -2.10. The number of hydrogen-bond acceptors (Lipinski definition) is 5. The van der Waals surface area contributed by atoms with Gasteiger partial charge in [-0.2, -0.15) is 8.42 Å². The quantitative estimate of drug-likeness (QED) is 0.359. The van der Waals surface area contributed by atoms with Gasteiger partial charge >= 0.3 is 10.1 Å². The maximum atomic E-state index is 12.5. The van der Waals surface area contributed by atoms with Gasteiger partial charge in [-0.25, -0.2) is 0 Å². The molecule has 0 spiro atoms. The Hall–Kier alpha value is -2.90. The molecular weight excluding hydrogens is 378 g/mol. The summed E-state index contributed by atoms with van der Waals surface area (Å²) in [4.78, 5) is 10.5. The molecule has 0 radical (unpaired) electrons.